The van der Waals surface area contributed by atoms with Gasteiger partial charge in [0.2, 0.25) is 5.89 Å². The number of benzene rings is 6. The van der Waals surface area contributed by atoms with Crippen LogP contribution < -0.4 is 4.90 Å². The highest BCUT2D eigenvalue weighted by molar-refractivity contribution is 6.10. The number of aromatic nitrogens is 2. The number of nitrogens with zero attached hydrogens (tertiary/aromatic N) is 3. The van der Waals surface area contributed by atoms with Crippen molar-refractivity contribution >= 4 is 50.0 Å². The lowest BCUT2D eigenvalue weighted by atomic mass is 9.85. The molecule has 0 spiro atoms. The number of anilines is 3. The Hall–Kier alpha value is -5.61. The molecule has 49 heavy (non-hydrogen) atoms. The fourth-order valence-corrected chi connectivity index (χ4v) is 6.76. The molecule has 0 unspecified atom stereocenters. The van der Waals surface area contributed by atoms with E-state index in [4.69, 9.17) is 9.40 Å². The molecule has 0 bridgehead atoms. The molecule has 0 N–H and O–H groups in total. The number of hydrogen-bond donors (Lipinski definition) is 0. The SMILES string of the molecule is CC(C)(C)c1ccc2c(c1)c1cc(C(C)(C)C)ccc1n2-c1ccc(N(c2ccccc2)c2ccc(-c3nc4ccccc4o3)cc2)cc1. The highest BCUT2D eigenvalue weighted by Gasteiger charge is 2.21. The normalized spacial score (nSPS) is 12.3. The largest absolute Gasteiger partial charge is 0.436 e. The van der Waals surface area contributed by atoms with E-state index in [1.807, 2.05) is 24.3 Å². The summed E-state index contributed by atoms with van der Waals surface area (Å²) >= 11 is 0. The van der Waals surface area contributed by atoms with Crippen molar-refractivity contribution in [3.05, 3.63) is 151 Å². The highest BCUT2D eigenvalue weighted by atomic mass is 16.3. The molecule has 0 fully saturated rings. The molecule has 0 amide bonds. The topological polar surface area (TPSA) is 34.2 Å². The summed E-state index contributed by atoms with van der Waals surface area (Å²) in [4.78, 5) is 6.99. The first-order valence-corrected chi connectivity index (χ1v) is 17.1. The minimum absolute atomic E-state index is 0.0631. The van der Waals surface area contributed by atoms with Gasteiger partial charge in [0.1, 0.15) is 5.52 Å². The van der Waals surface area contributed by atoms with E-state index in [0.29, 0.717) is 5.89 Å². The van der Waals surface area contributed by atoms with Gasteiger partial charge in [-0.15, -0.1) is 0 Å². The Morgan fingerprint density at radius 1 is 0.531 bits per heavy atom. The Bertz CT molecular complexity index is 2330. The van der Waals surface area contributed by atoms with Gasteiger partial charge in [0.25, 0.3) is 0 Å². The van der Waals surface area contributed by atoms with E-state index in [1.165, 1.54) is 32.9 Å². The summed E-state index contributed by atoms with van der Waals surface area (Å²) in [7, 11) is 0. The van der Waals surface area contributed by atoms with Crippen molar-refractivity contribution in [3.8, 4) is 17.1 Å². The summed E-state index contributed by atoms with van der Waals surface area (Å²) in [5, 5.41) is 2.59. The number of hydrogen-bond acceptors (Lipinski definition) is 3. The van der Waals surface area contributed by atoms with Crippen LogP contribution in [0.2, 0.25) is 0 Å². The first-order chi connectivity index (χ1) is 23.5. The molecule has 8 rings (SSSR count). The van der Waals surface area contributed by atoms with Gasteiger partial charge in [0, 0.05) is 39.1 Å². The Morgan fingerprint density at radius 2 is 1.04 bits per heavy atom. The van der Waals surface area contributed by atoms with Crippen molar-refractivity contribution in [2.45, 2.75) is 52.4 Å². The Kier molecular flexibility index (Phi) is 7.22. The molecule has 0 aliphatic carbocycles. The van der Waals surface area contributed by atoms with Crippen molar-refractivity contribution in [2.75, 3.05) is 4.90 Å². The lowest BCUT2D eigenvalue weighted by Crippen LogP contribution is -2.10. The summed E-state index contributed by atoms with van der Waals surface area (Å²) in [6.45, 7) is 13.7. The van der Waals surface area contributed by atoms with Crippen LogP contribution in [0, 0.1) is 0 Å². The van der Waals surface area contributed by atoms with Crippen LogP contribution in [0.5, 0.6) is 0 Å². The Morgan fingerprint density at radius 3 is 1.59 bits per heavy atom. The van der Waals surface area contributed by atoms with Crippen LogP contribution in [0.25, 0.3) is 50.0 Å². The van der Waals surface area contributed by atoms with Crippen LogP contribution in [0.3, 0.4) is 0 Å². The molecule has 4 nitrogen and oxygen atoms in total. The van der Waals surface area contributed by atoms with Gasteiger partial charge in [-0.3, -0.25) is 0 Å². The van der Waals surface area contributed by atoms with Gasteiger partial charge < -0.3 is 13.9 Å². The van der Waals surface area contributed by atoms with Crippen molar-refractivity contribution in [2.24, 2.45) is 0 Å². The fourth-order valence-electron chi connectivity index (χ4n) is 6.76. The standard InChI is InChI=1S/C45H41N3O/c1-44(2,3)31-18-26-40-37(28-31)38-29-32(45(4,5)6)19-27-41(38)48(40)36-24-22-35(23-25-36)47(33-12-8-7-9-13-33)34-20-16-30(17-21-34)43-46-39-14-10-11-15-42(39)49-43/h7-29H,1-6H3. The van der Waals surface area contributed by atoms with Gasteiger partial charge in [0.05, 0.1) is 11.0 Å². The smallest absolute Gasteiger partial charge is 0.227 e. The second-order valence-electron chi connectivity index (χ2n) is 15.0. The van der Waals surface area contributed by atoms with Crippen molar-refractivity contribution < 1.29 is 4.42 Å². The predicted octanol–water partition coefficient (Wildman–Crippen LogP) is 12.7. The lowest BCUT2D eigenvalue weighted by Gasteiger charge is -2.26. The van der Waals surface area contributed by atoms with Gasteiger partial charge in [-0.2, -0.15) is 0 Å². The van der Waals surface area contributed by atoms with Crippen molar-refractivity contribution in [3.63, 3.8) is 0 Å². The predicted molar refractivity (Wildman–Crippen MR) is 206 cm³/mol. The van der Waals surface area contributed by atoms with Gasteiger partial charge in [-0.05, 0) is 119 Å². The average molecular weight is 640 g/mol. The van der Waals surface area contributed by atoms with Crippen LogP contribution >= 0.6 is 0 Å². The average Bonchev–Trinajstić information content (AvgIpc) is 3.68. The summed E-state index contributed by atoms with van der Waals surface area (Å²) in [6.07, 6.45) is 0. The lowest BCUT2D eigenvalue weighted by molar-refractivity contribution is 0.590. The van der Waals surface area contributed by atoms with Gasteiger partial charge in [0.15, 0.2) is 5.58 Å². The van der Waals surface area contributed by atoms with Crippen molar-refractivity contribution in [1.82, 2.24) is 9.55 Å². The van der Waals surface area contributed by atoms with E-state index in [1.54, 1.807) is 0 Å². The van der Waals surface area contributed by atoms with E-state index < -0.39 is 0 Å². The molecule has 242 valence electrons. The molecule has 0 radical (unpaired) electrons. The molecular formula is C45H41N3O. The van der Waals surface area contributed by atoms with Crippen LogP contribution in [-0.2, 0) is 10.8 Å². The van der Waals surface area contributed by atoms with Crippen LogP contribution in [0.15, 0.2) is 144 Å². The Labute approximate surface area is 288 Å². The second-order valence-corrected chi connectivity index (χ2v) is 15.0. The maximum Gasteiger partial charge on any atom is 0.227 e. The van der Waals surface area contributed by atoms with E-state index in [-0.39, 0.29) is 10.8 Å². The molecule has 2 heterocycles. The quantitative estimate of drug-likeness (QED) is 0.188. The highest BCUT2D eigenvalue weighted by Crippen LogP contribution is 2.40. The summed E-state index contributed by atoms with van der Waals surface area (Å²) in [5.41, 5.74) is 12.2. The third-order valence-electron chi connectivity index (χ3n) is 9.54. The molecule has 8 aromatic rings. The van der Waals surface area contributed by atoms with E-state index >= 15 is 0 Å². The molecule has 6 aromatic carbocycles. The van der Waals surface area contributed by atoms with E-state index in [0.717, 1.165) is 39.4 Å². The van der Waals surface area contributed by atoms with Gasteiger partial charge in [-0.1, -0.05) is 84.0 Å². The maximum absolute atomic E-state index is 6.05. The van der Waals surface area contributed by atoms with Gasteiger partial charge in [-0.25, -0.2) is 4.98 Å². The van der Waals surface area contributed by atoms with Gasteiger partial charge >= 0.3 is 0 Å². The molecule has 0 aliphatic rings. The summed E-state index contributed by atoms with van der Waals surface area (Å²) in [6, 6.07) is 49.7. The third kappa shape index (κ3) is 5.57. The molecule has 0 atom stereocenters. The third-order valence-corrected chi connectivity index (χ3v) is 9.54. The first kappa shape index (κ1) is 30.7. The number of oxazole rings is 1. The monoisotopic (exact) mass is 639 g/mol. The fraction of sp³-hybridized carbons (Fsp3) is 0.178. The molecule has 2 aromatic heterocycles. The first-order valence-electron chi connectivity index (χ1n) is 17.1. The minimum atomic E-state index is 0.0631. The molecule has 4 heteroatoms. The zero-order valence-corrected chi connectivity index (χ0v) is 29.0. The summed E-state index contributed by atoms with van der Waals surface area (Å²) < 4.78 is 8.46. The van der Waals surface area contributed by atoms with E-state index in [2.05, 4.69) is 166 Å². The zero-order valence-electron chi connectivity index (χ0n) is 29.0. The molecule has 0 aliphatic heterocycles. The maximum atomic E-state index is 6.05. The minimum Gasteiger partial charge on any atom is -0.436 e. The van der Waals surface area contributed by atoms with E-state index in [9.17, 15) is 0 Å². The molecule has 0 saturated heterocycles. The van der Waals surface area contributed by atoms with Crippen LogP contribution in [0.1, 0.15) is 52.7 Å². The van der Waals surface area contributed by atoms with Crippen LogP contribution in [0.4, 0.5) is 17.1 Å². The zero-order chi connectivity index (χ0) is 33.9. The number of para-hydroxylation sites is 3. The molecular weight excluding hydrogens is 599 g/mol. The number of rotatable bonds is 5. The van der Waals surface area contributed by atoms with Crippen LogP contribution in [-0.4, -0.2) is 9.55 Å². The Balaban J connectivity index is 1.22. The van der Waals surface area contributed by atoms with Crippen molar-refractivity contribution in [1.29, 1.82) is 0 Å². The summed E-state index contributed by atoms with van der Waals surface area (Å²) in [5.74, 6) is 0.624. The number of fused-ring (bicyclic) bond motifs is 4. The molecule has 0 saturated carbocycles. The second kappa shape index (κ2) is 11.5.